The number of amides is 1. The summed E-state index contributed by atoms with van der Waals surface area (Å²) in [5, 5.41) is 2.94. The molecule has 0 spiro atoms. The number of hydrogen-bond acceptors (Lipinski definition) is 6. The summed E-state index contributed by atoms with van der Waals surface area (Å²) in [6, 6.07) is -0.466. The number of hydrogen-bond donors (Lipinski definition) is 2. The molecule has 1 rings (SSSR count). The van der Waals surface area contributed by atoms with Crippen LogP contribution in [0, 0.1) is 5.92 Å². The van der Waals surface area contributed by atoms with Crippen LogP contribution in [0.2, 0.25) is 0 Å². The number of esters is 1. The summed E-state index contributed by atoms with van der Waals surface area (Å²) in [6.45, 7) is 9.20. The molecule has 182 valence electrons. The number of nitrogens with zero attached hydrogens (tertiary/aromatic N) is 1. The number of carbonyl (C=O) groups is 2. The van der Waals surface area contributed by atoms with E-state index >= 15 is 0 Å². The van der Waals surface area contributed by atoms with Crippen molar-refractivity contribution in [1.29, 1.82) is 0 Å². The summed E-state index contributed by atoms with van der Waals surface area (Å²) in [5.41, 5.74) is 5.98. The first-order chi connectivity index (χ1) is 15.0. The molecular weight excluding hydrogens is 410 g/mol. The van der Waals surface area contributed by atoms with Crippen LogP contribution in [0.4, 0.5) is 0 Å². The lowest BCUT2D eigenvalue weighted by Crippen LogP contribution is -2.41. The standard InChI is InChI=1S/C24H47N3O3S/c1-21(2)11-6-4-3-5-9-18-30-23(28)13-20-31-19-12-22(25)24(29)26-14-10-17-27-15-7-8-16-27/h21-22H,3-20,25H2,1-2H3,(H,26,29). The summed E-state index contributed by atoms with van der Waals surface area (Å²) < 4.78 is 5.30. The number of ether oxygens (including phenoxy) is 1. The fourth-order valence-electron chi connectivity index (χ4n) is 3.69. The van der Waals surface area contributed by atoms with Gasteiger partial charge in [0.1, 0.15) is 0 Å². The van der Waals surface area contributed by atoms with Gasteiger partial charge in [0.2, 0.25) is 5.91 Å². The van der Waals surface area contributed by atoms with Crippen molar-refractivity contribution in [3.05, 3.63) is 0 Å². The van der Waals surface area contributed by atoms with Crippen LogP contribution < -0.4 is 11.1 Å². The Labute approximate surface area is 194 Å². The number of carbonyl (C=O) groups excluding carboxylic acids is 2. The molecule has 1 heterocycles. The normalized spacial score (nSPS) is 15.4. The quantitative estimate of drug-likeness (QED) is 0.225. The van der Waals surface area contributed by atoms with E-state index in [1.54, 1.807) is 11.8 Å². The van der Waals surface area contributed by atoms with Crippen molar-refractivity contribution >= 4 is 23.6 Å². The lowest BCUT2D eigenvalue weighted by atomic mass is 10.0. The molecule has 1 amide bonds. The smallest absolute Gasteiger partial charge is 0.306 e. The van der Waals surface area contributed by atoms with Gasteiger partial charge in [-0.15, -0.1) is 0 Å². The first-order valence-electron chi connectivity index (χ1n) is 12.5. The number of thioether (sulfide) groups is 1. The summed E-state index contributed by atoms with van der Waals surface area (Å²) in [7, 11) is 0. The van der Waals surface area contributed by atoms with Gasteiger partial charge < -0.3 is 20.7 Å². The summed E-state index contributed by atoms with van der Waals surface area (Å²) in [4.78, 5) is 26.3. The predicted molar refractivity (Wildman–Crippen MR) is 131 cm³/mol. The Morgan fingerprint density at radius 3 is 2.45 bits per heavy atom. The average molecular weight is 458 g/mol. The molecule has 1 fully saturated rings. The highest BCUT2D eigenvalue weighted by Crippen LogP contribution is 2.11. The maximum absolute atomic E-state index is 12.0. The van der Waals surface area contributed by atoms with Gasteiger partial charge in [-0.05, 0) is 63.4 Å². The average Bonchev–Trinajstić information content (AvgIpc) is 3.25. The Bertz CT molecular complexity index is 471. The van der Waals surface area contributed by atoms with E-state index in [9.17, 15) is 9.59 Å². The Hall–Kier alpha value is -0.790. The highest BCUT2D eigenvalue weighted by atomic mass is 32.2. The Morgan fingerprint density at radius 1 is 1.00 bits per heavy atom. The van der Waals surface area contributed by atoms with E-state index < -0.39 is 6.04 Å². The van der Waals surface area contributed by atoms with Crippen LogP contribution in [0.3, 0.4) is 0 Å². The minimum Gasteiger partial charge on any atom is -0.466 e. The second-order valence-corrected chi connectivity index (χ2v) is 10.3. The van der Waals surface area contributed by atoms with Crippen LogP contribution >= 0.6 is 11.8 Å². The monoisotopic (exact) mass is 457 g/mol. The van der Waals surface area contributed by atoms with Crippen molar-refractivity contribution in [2.24, 2.45) is 11.7 Å². The fraction of sp³-hybridized carbons (Fsp3) is 0.917. The van der Waals surface area contributed by atoms with Gasteiger partial charge in [-0.25, -0.2) is 0 Å². The second-order valence-electron chi connectivity index (χ2n) is 9.12. The predicted octanol–water partition coefficient (Wildman–Crippen LogP) is 3.97. The van der Waals surface area contributed by atoms with Crippen LogP contribution in [-0.4, -0.2) is 67.1 Å². The number of likely N-dealkylation sites (tertiary alicyclic amines) is 1. The SMILES string of the molecule is CC(C)CCCCCCCOC(=O)CCSCCC(N)C(=O)NCCCN1CCCC1. The number of unbranched alkanes of at least 4 members (excludes halogenated alkanes) is 4. The molecular formula is C24H47N3O3S. The van der Waals surface area contributed by atoms with Crippen molar-refractivity contribution in [2.45, 2.75) is 90.5 Å². The van der Waals surface area contributed by atoms with Gasteiger partial charge >= 0.3 is 5.97 Å². The third-order valence-corrected chi connectivity index (χ3v) is 6.72. The Kier molecular flexibility index (Phi) is 17.1. The van der Waals surface area contributed by atoms with Crippen LogP contribution in [0.15, 0.2) is 0 Å². The van der Waals surface area contributed by atoms with Gasteiger partial charge in [0.05, 0.1) is 19.1 Å². The number of rotatable bonds is 19. The van der Waals surface area contributed by atoms with E-state index in [1.165, 1.54) is 51.6 Å². The van der Waals surface area contributed by atoms with Crippen LogP contribution in [0.1, 0.15) is 84.5 Å². The maximum Gasteiger partial charge on any atom is 0.306 e. The summed E-state index contributed by atoms with van der Waals surface area (Å²) in [6.07, 6.45) is 11.9. The minimum atomic E-state index is -0.466. The molecule has 0 radical (unpaired) electrons. The molecule has 0 saturated carbocycles. The fourth-order valence-corrected chi connectivity index (χ4v) is 4.63. The molecule has 3 N–H and O–H groups in total. The molecule has 1 saturated heterocycles. The van der Waals surface area contributed by atoms with Crippen molar-refractivity contribution < 1.29 is 14.3 Å². The highest BCUT2D eigenvalue weighted by Gasteiger charge is 2.14. The number of nitrogens with two attached hydrogens (primary N) is 1. The van der Waals surface area contributed by atoms with E-state index in [0.717, 1.165) is 43.2 Å². The van der Waals surface area contributed by atoms with Crippen molar-refractivity contribution in [1.82, 2.24) is 10.2 Å². The second kappa shape index (κ2) is 18.8. The highest BCUT2D eigenvalue weighted by molar-refractivity contribution is 7.99. The molecule has 0 bridgehead atoms. The lowest BCUT2D eigenvalue weighted by molar-refractivity contribution is -0.143. The van der Waals surface area contributed by atoms with Crippen LogP contribution in [-0.2, 0) is 14.3 Å². The first-order valence-corrected chi connectivity index (χ1v) is 13.6. The topological polar surface area (TPSA) is 84.7 Å². The molecule has 0 aliphatic carbocycles. The third kappa shape index (κ3) is 16.5. The maximum atomic E-state index is 12.0. The van der Waals surface area contributed by atoms with Gasteiger partial charge in [0, 0.05) is 12.3 Å². The van der Waals surface area contributed by atoms with Gasteiger partial charge in [0.15, 0.2) is 0 Å². The van der Waals surface area contributed by atoms with E-state index in [0.29, 0.717) is 26.0 Å². The minimum absolute atomic E-state index is 0.0642. The molecule has 1 aliphatic heterocycles. The largest absolute Gasteiger partial charge is 0.466 e. The Balaban J connectivity index is 1.86. The molecule has 0 aromatic carbocycles. The van der Waals surface area contributed by atoms with E-state index in [4.69, 9.17) is 10.5 Å². The van der Waals surface area contributed by atoms with E-state index in [2.05, 4.69) is 24.1 Å². The van der Waals surface area contributed by atoms with E-state index in [1.807, 2.05) is 0 Å². The van der Waals surface area contributed by atoms with Crippen molar-refractivity contribution in [3.63, 3.8) is 0 Å². The van der Waals surface area contributed by atoms with Gasteiger partial charge in [-0.2, -0.15) is 11.8 Å². The molecule has 7 heteroatoms. The molecule has 31 heavy (non-hydrogen) atoms. The molecule has 1 unspecified atom stereocenters. The zero-order valence-electron chi connectivity index (χ0n) is 20.0. The molecule has 1 atom stereocenters. The van der Waals surface area contributed by atoms with Gasteiger partial charge in [-0.3, -0.25) is 9.59 Å². The molecule has 0 aromatic rings. The first kappa shape index (κ1) is 28.2. The molecule has 0 aromatic heterocycles. The summed E-state index contributed by atoms with van der Waals surface area (Å²) in [5.74, 6) is 2.11. The van der Waals surface area contributed by atoms with Crippen LogP contribution in [0.25, 0.3) is 0 Å². The molecule has 6 nitrogen and oxygen atoms in total. The third-order valence-electron chi connectivity index (χ3n) is 5.70. The zero-order valence-corrected chi connectivity index (χ0v) is 20.9. The van der Waals surface area contributed by atoms with Gasteiger partial charge in [0.25, 0.3) is 0 Å². The number of nitrogens with one attached hydrogen (secondary N) is 1. The summed E-state index contributed by atoms with van der Waals surface area (Å²) >= 11 is 1.66. The van der Waals surface area contributed by atoms with Gasteiger partial charge in [-0.1, -0.05) is 46.0 Å². The zero-order chi connectivity index (χ0) is 22.7. The van der Waals surface area contributed by atoms with Crippen molar-refractivity contribution in [3.8, 4) is 0 Å². The Morgan fingerprint density at radius 2 is 1.71 bits per heavy atom. The van der Waals surface area contributed by atoms with E-state index in [-0.39, 0.29) is 11.9 Å². The lowest BCUT2D eigenvalue weighted by Gasteiger charge is -2.15. The van der Waals surface area contributed by atoms with Crippen LogP contribution in [0.5, 0.6) is 0 Å². The molecule has 1 aliphatic rings. The van der Waals surface area contributed by atoms with Crippen molar-refractivity contribution in [2.75, 3.05) is 44.3 Å².